The predicted molar refractivity (Wildman–Crippen MR) is 127 cm³/mol. The summed E-state index contributed by atoms with van der Waals surface area (Å²) < 4.78 is 1.89. The molecule has 1 aliphatic heterocycles. The highest BCUT2D eigenvalue weighted by Gasteiger charge is 2.15. The maximum absolute atomic E-state index is 13.1. The molecule has 0 spiro atoms. The summed E-state index contributed by atoms with van der Waals surface area (Å²) in [7, 11) is 0. The molecule has 6 heteroatoms. The number of hydrogen-bond acceptors (Lipinski definition) is 4. The van der Waals surface area contributed by atoms with Gasteiger partial charge in [-0.2, -0.15) is 5.10 Å². The Morgan fingerprint density at radius 2 is 1.75 bits per heavy atom. The van der Waals surface area contributed by atoms with Crippen molar-refractivity contribution in [2.24, 2.45) is 0 Å². The minimum Gasteiger partial charge on any atom is -0.357 e. The Hall–Kier alpha value is -3.93. The van der Waals surface area contributed by atoms with Gasteiger partial charge < -0.3 is 10.2 Å². The van der Waals surface area contributed by atoms with Gasteiger partial charge >= 0.3 is 0 Å². The lowest BCUT2D eigenvalue weighted by Crippen LogP contribution is -2.19. The van der Waals surface area contributed by atoms with E-state index >= 15 is 0 Å². The van der Waals surface area contributed by atoms with Gasteiger partial charge in [0.05, 0.1) is 18.4 Å². The van der Waals surface area contributed by atoms with Crippen molar-refractivity contribution in [2.45, 2.75) is 19.4 Å². The molecule has 2 aromatic carbocycles. The van der Waals surface area contributed by atoms with Crippen molar-refractivity contribution in [3.8, 4) is 11.1 Å². The molecule has 1 fully saturated rings. The molecule has 0 bridgehead atoms. The smallest absolute Gasteiger partial charge is 0.256 e. The fraction of sp³-hybridized carbons (Fsp3) is 0.192. The van der Waals surface area contributed by atoms with Gasteiger partial charge in [0, 0.05) is 31.0 Å². The molecule has 0 unspecified atom stereocenters. The monoisotopic (exact) mass is 423 g/mol. The first kappa shape index (κ1) is 20.0. The van der Waals surface area contributed by atoms with E-state index in [0.29, 0.717) is 11.3 Å². The van der Waals surface area contributed by atoms with E-state index in [9.17, 15) is 4.79 Å². The molecule has 0 radical (unpaired) electrons. The van der Waals surface area contributed by atoms with Crippen molar-refractivity contribution in [1.82, 2.24) is 14.8 Å². The lowest BCUT2D eigenvalue weighted by atomic mass is 9.98. The summed E-state index contributed by atoms with van der Waals surface area (Å²) in [5.74, 6) is 0.827. The van der Waals surface area contributed by atoms with Crippen molar-refractivity contribution in [3.05, 3.63) is 96.4 Å². The molecule has 1 N–H and O–H groups in total. The Kier molecular flexibility index (Phi) is 5.66. The molecule has 160 valence electrons. The van der Waals surface area contributed by atoms with Crippen molar-refractivity contribution in [1.29, 1.82) is 0 Å². The molecule has 5 rings (SSSR count). The molecule has 1 amide bonds. The maximum atomic E-state index is 13.1. The third-order valence-electron chi connectivity index (χ3n) is 5.78. The van der Waals surface area contributed by atoms with Crippen LogP contribution in [0.2, 0.25) is 0 Å². The van der Waals surface area contributed by atoms with Gasteiger partial charge in [-0.25, -0.2) is 4.98 Å². The SMILES string of the molecule is O=C(Nc1ccc(N2CCCC2)nc1)c1ccccc1-c1ccc(Cn2cccn2)cc1. The van der Waals surface area contributed by atoms with Crippen LogP contribution in [0.4, 0.5) is 11.5 Å². The molecular formula is C26H25N5O. The molecule has 4 aromatic rings. The van der Waals surface area contributed by atoms with E-state index in [1.807, 2.05) is 53.3 Å². The standard InChI is InChI=1S/C26H25N5O/c32-26(29-22-12-13-25(27-18-22)30-15-3-4-16-30)24-7-2-1-6-23(24)21-10-8-20(9-11-21)19-31-17-5-14-28-31/h1-2,5-14,17-18H,3-4,15-16,19H2,(H,29,32). The first-order chi connectivity index (χ1) is 15.8. The first-order valence-electron chi connectivity index (χ1n) is 10.9. The second-order valence-corrected chi connectivity index (χ2v) is 8.00. The fourth-order valence-electron chi connectivity index (χ4n) is 4.10. The highest BCUT2D eigenvalue weighted by atomic mass is 16.1. The highest BCUT2D eigenvalue weighted by molar-refractivity contribution is 6.08. The number of benzene rings is 2. The zero-order chi connectivity index (χ0) is 21.8. The van der Waals surface area contributed by atoms with Gasteiger partial charge in [-0.3, -0.25) is 9.48 Å². The molecular weight excluding hydrogens is 398 g/mol. The second kappa shape index (κ2) is 9.06. The molecule has 32 heavy (non-hydrogen) atoms. The van der Waals surface area contributed by atoms with Crippen LogP contribution in [0.5, 0.6) is 0 Å². The van der Waals surface area contributed by atoms with Crippen molar-refractivity contribution in [2.75, 3.05) is 23.3 Å². The minimum absolute atomic E-state index is 0.142. The summed E-state index contributed by atoms with van der Waals surface area (Å²) >= 11 is 0. The van der Waals surface area contributed by atoms with E-state index in [0.717, 1.165) is 42.1 Å². The molecule has 0 atom stereocenters. The number of nitrogens with zero attached hydrogens (tertiary/aromatic N) is 4. The number of amides is 1. The van der Waals surface area contributed by atoms with Gasteiger partial charge in [0.2, 0.25) is 0 Å². The van der Waals surface area contributed by atoms with Gasteiger partial charge in [-0.1, -0.05) is 42.5 Å². The zero-order valence-corrected chi connectivity index (χ0v) is 17.8. The lowest BCUT2D eigenvalue weighted by molar-refractivity contribution is 0.102. The summed E-state index contributed by atoms with van der Waals surface area (Å²) in [6.07, 6.45) is 7.87. The highest BCUT2D eigenvalue weighted by Crippen LogP contribution is 2.26. The summed E-state index contributed by atoms with van der Waals surface area (Å²) in [6, 6.07) is 21.7. The van der Waals surface area contributed by atoms with E-state index in [4.69, 9.17) is 0 Å². The van der Waals surface area contributed by atoms with Crippen LogP contribution in [-0.4, -0.2) is 33.8 Å². The molecule has 3 heterocycles. The quantitative estimate of drug-likeness (QED) is 0.482. The number of anilines is 2. The maximum Gasteiger partial charge on any atom is 0.256 e. The Bertz CT molecular complexity index is 1180. The largest absolute Gasteiger partial charge is 0.357 e. The normalized spacial score (nSPS) is 13.3. The molecule has 0 saturated carbocycles. The van der Waals surface area contributed by atoms with Crippen LogP contribution in [0.3, 0.4) is 0 Å². The average Bonchev–Trinajstić information content (AvgIpc) is 3.55. The molecule has 1 aliphatic rings. The van der Waals surface area contributed by atoms with Gasteiger partial charge in [-0.05, 0) is 53.8 Å². The molecule has 6 nitrogen and oxygen atoms in total. The molecule has 2 aromatic heterocycles. The van der Waals surface area contributed by atoms with Gasteiger partial charge in [0.1, 0.15) is 5.82 Å². The Morgan fingerprint density at radius 1 is 0.938 bits per heavy atom. The van der Waals surface area contributed by atoms with Crippen LogP contribution in [0, 0.1) is 0 Å². The second-order valence-electron chi connectivity index (χ2n) is 8.00. The third kappa shape index (κ3) is 4.39. The molecule has 1 saturated heterocycles. The zero-order valence-electron chi connectivity index (χ0n) is 17.8. The molecule has 0 aliphatic carbocycles. The summed E-state index contributed by atoms with van der Waals surface area (Å²) in [5.41, 5.74) is 4.39. The van der Waals surface area contributed by atoms with E-state index < -0.39 is 0 Å². The number of hydrogen-bond donors (Lipinski definition) is 1. The van der Waals surface area contributed by atoms with E-state index in [1.165, 1.54) is 12.8 Å². The number of rotatable bonds is 6. The van der Waals surface area contributed by atoms with Gasteiger partial charge in [0.15, 0.2) is 0 Å². The Morgan fingerprint density at radius 3 is 2.47 bits per heavy atom. The predicted octanol–water partition coefficient (Wildman–Crippen LogP) is 4.85. The topological polar surface area (TPSA) is 63.1 Å². The summed E-state index contributed by atoms with van der Waals surface area (Å²) in [5, 5.41) is 7.25. The Balaban J connectivity index is 1.32. The average molecular weight is 424 g/mol. The number of nitrogens with one attached hydrogen (secondary N) is 1. The van der Waals surface area contributed by atoms with Crippen LogP contribution in [-0.2, 0) is 6.54 Å². The first-order valence-corrected chi connectivity index (χ1v) is 10.9. The van der Waals surface area contributed by atoms with Crippen molar-refractivity contribution >= 4 is 17.4 Å². The van der Waals surface area contributed by atoms with E-state index in [1.54, 1.807) is 12.4 Å². The lowest BCUT2D eigenvalue weighted by Gasteiger charge is -2.16. The van der Waals surface area contributed by atoms with Crippen LogP contribution in [0.1, 0.15) is 28.8 Å². The van der Waals surface area contributed by atoms with Crippen LogP contribution in [0.15, 0.2) is 85.3 Å². The number of carbonyl (C=O) groups is 1. The van der Waals surface area contributed by atoms with Gasteiger partial charge in [-0.15, -0.1) is 0 Å². The third-order valence-corrected chi connectivity index (χ3v) is 5.78. The van der Waals surface area contributed by atoms with E-state index in [2.05, 4.69) is 44.6 Å². The number of carbonyl (C=O) groups excluding carboxylic acids is 1. The summed E-state index contributed by atoms with van der Waals surface area (Å²) in [4.78, 5) is 19.9. The van der Waals surface area contributed by atoms with Crippen LogP contribution < -0.4 is 10.2 Å². The Labute approximate surface area is 187 Å². The van der Waals surface area contributed by atoms with Crippen molar-refractivity contribution < 1.29 is 4.79 Å². The van der Waals surface area contributed by atoms with E-state index in [-0.39, 0.29) is 5.91 Å². The minimum atomic E-state index is -0.142. The van der Waals surface area contributed by atoms with Crippen LogP contribution in [0.25, 0.3) is 11.1 Å². The van der Waals surface area contributed by atoms with Gasteiger partial charge in [0.25, 0.3) is 5.91 Å². The van der Waals surface area contributed by atoms with Crippen LogP contribution >= 0.6 is 0 Å². The number of aromatic nitrogens is 3. The van der Waals surface area contributed by atoms with Crippen molar-refractivity contribution in [3.63, 3.8) is 0 Å². The summed E-state index contributed by atoms with van der Waals surface area (Å²) in [6.45, 7) is 2.81. The number of pyridine rings is 1. The fourth-order valence-corrected chi connectivity index (χ4v) is 4.10.